The first-order valence-electron chi connectivity index (χ1n) is 12.5. The van der Waals surface area contributed by atoms with Gasteiger partial charge in [-0.25, -0.2) is 0 Å². The van der Waals surface area contributed by atoms with Gasteiger partial charge in [-0.15, -0.1) is 0 Å². The van der Waals surface area contributed by atoms with Gasteiger partial charge in [0.1, 0.15) is 42.5 Å². The molecule has 0 radical (unpaired) electrons. The molecule has 0 saturated heterocycles. The third kappa shape index (κ3) is 4.91. The Morgan fingerprint density at radius 3 is 2.80 bits per heavy atom. The van der Waals surface area contributed by atoms with Crippen LogP contribution in [0, 0.1) is 11.3 Å². The number of hydrogen-bond acceptors (Lipinski definition) is 10. The number of pyridine rings is 1. The van der Waals surface area contributed by atoms with Crippen LogP contribution in [0.15, 0.2) is 51.6 Å². The molecule has 5 rings (SSSR count). The molecule has 0 fully saturated rings. The smallest absolute Gasteiger partial charge is 0.295 e. The van der Waals surface area contributed by atoms with Crippen molar-refractivity contribution in [3.8, 4) is 29.0 Å². The molecule has 3 aromatic heterocycles. The molecule has 1 aliphatic heterocycles. The van der Waals surface area contributed by atoms with Crippen LogP contribution in [-0.4, -0.2) is 77.4 Å². The maximum atomic E-state index is 14.0. The number of fused-ring (bicyclic) bond motifs is 3. The van der Waals surface area contributed by atoms with Gasteiger partial charge in [0.15, 0.2) is 17.0 Å². The molecule has 13 nitrogen and oxygen atoms in total. The number of hydrogen-bond donors (Lipinski definition) is 1. The molecule has 13 heteroatoms. The molecule has 1 N–H and O–H groups in total. The molecule has 0 aliphatic carbocycles. The van der Waals surface area contributed by atoms with E-state index in [-0.39, 0.29) is 36.2 Å². The standard InChI is InChI=1S/C28H26N6O7/c1-28(27(37)31-12-19-20(38-4)6-5-9-30-19)15-40-23-18-8-7-16(25-32-17(11-29)14-39-25)10-21(18)41-24(23)26(36)34(28)13-22(35)33(2)3/h5-10,14H,12-13,15H2,1-4H3,(H,31,37). The molecular formula is C28H26N6O7. The molecule has 4 heterocycles. The van der Waals surface area contributed by atoms with Crippen molar-refractivity contribution in [2.24, 2.45) is 0 Å². The Hall–Kier alpha value is -5.38. The zero-order chi connectivity index (χ0) is 29.3. The van der Waals surface area contributed by atoms with Crippen LogP contribution >= 0.6 is 0 Å². The molecule has 0 saturated carbocycles. The molecule has 0 bridgehead atoms. The number of carbonyl (C=O) groups is 3. The number of nitrogens with zero attached hydrogens (tertiary/aromatic N) is 5. The van der Waals surface area contributed by atoms with Gasteiger partial charge in [0.05, 0.1) is 19.0 Å². The van der Waals surface area contributed by atoms with Crippen LogP contribution in [0.2, 0.25) is 0 Å². The molecule has 1 aromatic carbocycles. The summed E-state index contributed by atoms with van der Waals surface area (Å²) in [7, 11) is 4.61. The van der Waals surface area contributed by atoms with E-state index in [1.54, 1.807) is 50.6 Å². The molecule has 4 aromatic rings. The number of methoxy groups -OCH3 is 1. The van der Waals surface area contributed by atoms with Gasteiger partial charge in [-0.3, -0.25) is 19.4 Å². The van der Waals surface area contributed by atoms with E-state index in [0.717, 1.165) is 4.90 Å². The lowest BCUT2D eigenvalue weighted by atomic mass is 9.99. The van der Waals surface area contributed by atoms with Crippen molar-refractivity contribution in [1.29, 1.82) is 5.26 Å². The number of amides is 3. The highest BCUT2D eigenvalue weighted by Gasteiger charge is 2.48. The van der Waals surface area contributed by atoms with Crippen molar-refractivity contribution < 1.29 is 32.7 Å². The summed E-state index contributed by atoms with van der Waals surface area (Å²) in [6, 6.07) is 10.3. The summed E-state index contributed by atoms with van der Waals surface area (Å²) in [4.78, 5) is 51.3. The van der Waals surface area contributed by atoms with Gasteiger partial charge in [-0.1, -0.05) is 0 Å². The fraction of sp³-hybridized carbons (Fsp3) is 0.286. The average Bonchev–Trinajstić information content (AvgIpc) is 3.59. The quantitative estimate of drug-likeness (QED) is 0.356. The van der Waals surface area contributed by atoms with Gasteiger partial charge in [-0.05, 0) is 37.3 Å². The maximum absolute atomic E-state index is 14.0. The van der Waals surface area contributed by atoms with E-state index in [4.69, 9.17) is 23.6 Å². The topological polar surface area (TPSA) is 164 Å². The summed E-state index contributed by atoms with van der Waals surface area (Å²) >= 11 is 0. The first-order chi connectivity index (χ1) is 19.7. The molecule has 1 unspecified atom stereocenters. The number of oxazole rings is 1. The zero-order valence-electron chi connectivity index (χ0n) is 22.8. The van der Waals surface area contributed by atoms with Crippen molar-refractivity contribution in [2.75, 3.05) is 34.4 Å². The number of nitrogens with one attached hydrogen (secondary N) is 1. The SMILES string of the molecule is COc1cccnc1CNC(=O)C1(C)COc2c(oc3cc(-c4nc(C#N)co4)ccc23)C(=O)N1CC(=O)N(C)C. The Kier molecular flexibility index (Phi) is 7.06. The number of rotatable bonds is 7. The van der Waals surface area contributed by atoms with E-state index >= 15 is 0 Å². The van der Waals surface area contributed by atoms with Crippen molar-refractivity contribution in [2.45, 2.75) is 19.0 Å². The van der Waals surface area contributed by atoms with E-state index in [1.807, 2.05) is 6.07 Å². The van der Waals surface area contributed by atoms with Crippen LogP contribution in [0.4, 0.5) is 0 Å². The number of aromatic nitrogens is 2. The minimum absolute atomic E-state index is 0.0195. The van der Waals surface area contributed by atoms with Crippen molar-refractivity contribution in [1.82, 2.24) is 25.1 Å². The number of furan rings is 1. The summed E-state index contributed by atoms with van der Waals surface area (Å²) in [5, 5.41) is 12.3. The summed E-state index contributed by atoms with van der Waals surface area (Å²) in [5.74, 6) is -0.967. The summed E-state index contributed by atoms with van der Waals surface area (Å²) < 4.78 is 22.7. The van der Waals surface area contributed by atoms with E-state index in [1.165, 1.54) is 25.2 Å². The largest absolute Gasteiger partial charge is 0.495 e. The van der Waals surface area contributed by atoms with Gasteiger partial charge in [0, 0.05) is 25.9 Å². The monoisotopic (exact) mass is 558 g/mol. The van der Waals surface area contributed by atoms with Crippen LogP contribution in [0.5, 0.6) is 11.5 Å². The van der Waals surface area contributed by atoms with Gasteiger partial charge >= 0.3 is 0 Å². The number of likely N-dealkylation sites (N-methyl/N-ethyl adjacent to an activating group) is 1. The third-order valence-electron chi connectivity index (χ3n) is 6.81. The Balaban J connectivity index is 1.50. The predicted molar refractivity (Wildman–Crippen MR) is 143 cm³/mol. The Morgan fingerprint density at radius 1 is 1.29 bits per heavy atom. The molecule has 3 amide bonds. The van der Waals surface area contributed by atoms with Crippen LogP contribution in [0.3, 0.4) is 0 Å². The molecule has 1 aliphatic rings. The molecule has 0 spiro atoms. The van der Waals surface area contributed by atoms with E-state index < -0.39 is 29.8 Å². The molecular weight excluding hydrogens is 532 g/mol. The predicted octanol–water partition coefficient (Wildman–Crippen LogP) is 2.36. The summed E-state index contributed by atoms with van der Waals surface area (Å²) in [5.41, 5.74) is -0.167. The lowest BCUT2D eigenvalue weighted by molar-refractivity contribution is -0.137. The Bertz CT molecular complexity index is 1700. The Labute approximate surface area is 234 Å². The second-order valence-corrected chi connectivity index (χ2v) is 9.70. The highest BCUT2D eigenvalue weighted by Crippen LogP contribution is 2.40. The minimum atomic E-state index is -1.59. The highest BCUT2D eigenvalue weighted by molar-refractivity contribution is 6.06. The summed E-state index contributed by atoms with van der Waals surface area (Å²) in [6.45, 7) is 0.881. The summed E-state index contributed by atoms with van der Waals surface area (Å²) in [6.07, 6.45) is 2.81. The van der Waals surface area contributed by atoms with Crippen molar-refractivity contribution in [3.05, 3.63) is 59.9 Å². The maximum Gasteiger partial charge on any atom is 0.295 e. The highest BCUT2D eigenvalue weighted by atomic mass is 16.5. The second-order valence-electron chi connectivity index (χ2n) is 9.70. The molecule has 41 heavy (non-hydrogen) atoms. The van der Waals surface area contributed by atoms with Gasteiger partial charge in [0.25, 0.3) is 5.91 Å². The minimum Gasteiger partial charge on any atom is -0.495 e. The van der Waals surface area contributed by atoms with Gasteiger partial charge in [0.2, 0.25) is 23.5 Å². The number of carbonyl (C=O) groups excluding carboxylic acids is 3. The van der Waals surface area contributed by atoms with E-state index in [9.17, 15) is 14.4 Å². The fourth-order valence-electron chi connectivity index (χ4n) is 4.39. The number of benzene rings is 1. The fourth-order valence-corrected chi connectivity index (χ4v) is 4.39. The van der Waals surface area contributed by atoms with Crippen molar-refractivity contribution in [3.63, 3.8) is 0 Å². The normalized spacial score (nSPS) is 16.4. The van der Waals surface area contributed by atoms with Crippen LogP contribution in [-0.2, 0) is 16.1 Å². The molecule has 1 atom stereocenters. The van der Waals surface area contributed by atoms with Crippen LogP contribution in [0.25, 0.3) is 22.4 Å². The van der Waals surface area contributed by atoms with E-state index in [0.29, 0.717) is 28.0 Å². The Morgan fingerprint density at radius 2 is 2.10 bits per heavy atom. The van der Waals surface area contributed by atoms with Crippen molar-refractivity contribution >= 4 is 28.7 Å². The zero-order valence-corrected chi connectivity index (χ0v) is 22.8. The first kappa shape index (κ1) is 27.2. The number of ether oxygens (including phenoxy) is 2. The lowest BCUT2D eigenvalue weighted by Crippen LogP contribution is -2.62. The average molecular weight is 559 g/mol. The number of nitriles is 1. The third-order valence-corrected chi connectivity index (χ3v) is 6.81. The second kappa shape index (κ2) is 10.6. The first-order valence-corrected chi connectivity index (χ1v) is 12.5. The van der Waals surface area contributed by atoms with Gasteiger partial charge in [-0.2, -0.15) is 10.2 Å². The lowest BCUT2D eigenvalue weighted by Gasteiger charge is -2.37. The van der Waals surface area contributed by atoms with Crippen LogP contribution in [0.1, 0.15) is 28.9 Å². The van der Waals surface area contributed by atoms with Crippen LogP contribution < -0.4 is 14.8 Å². The molecule has 210 valence electrons. The van der Waals surface area contributed by atoms with E-state index in [2.05, 4.69) is 15.3 Å². The van der Waals surface area contributed by atoms with Gasteiger partial charge < -0.3 is 33.4 Å².